The van der Waals surface area contributed by atoms with Gasteiger partial charge in [0.1, 0.15) is 0 Å². The van der Waals surface area contributed by atoms with Crippen LogP contribution >= 0.6 is 0 Å². The number of aliphatic hydroxyl groups excluding tert-OH is 1. The minimum absolute atomic E-state index is 0.0234. The number of allylic oxidation sites excluding steroid dienone is 5. The third-order valence-corrected chi connectivity index (χ3v) is 10.5. The first kappa shape index (κ1) is 22.2. The van der Waals surface area contributed by atoms with Crippen LogP contribution in [-0.2, 0) is 0 Å². The van der Waals surface area contributed by atoms with Crippen LogP contribution in [0.15, 0.2) is 59.2 Å². The van der Waals surface area contributed by atoms with Gasteiger partial charge in [0.05, 0.1) is 6.10 Å². The van der Waals surface area contributed by atoms with E-state index < -0.39 is 0 Å². The molecule has 1 aromatic rings. The van der Waals surface area contributed by atoms with E-state index in [1.165, 1.54) is 37.7 Å². The largest absolute Gasteiger partial charge is 0.393 e. The summed E-state index contributed by atoms with van der Waals surface area (Å²) in [6, 6.07) is 10.7. The molecule has 1 nitrogen and oxygen atoms in total. The van der Waals surface area contributed by atoms with E-state index in [1.54, 1.807) is 16.7 Å². The number of benzene rings is 1. The molecule has 1 N–H and O–H groups in total. The highest BCUT2D eigenvalue weighted by Gasteiger charge is 2.57. The fraction of sp³-hybridized carbons (Fsp3) is 0.613. The maximum absolute atomic E-state index is 10.8. The Balaban J connectivity index is 1.42. The van der Waals surface area contributed by atoms with Crippen LogP contribution < -0.4 is 0 Å². The zero-order valence-electron chi connectivity index (χ0n) is 20.8. The lowest BCUT2D eigenvalue weighted by molar-refractivity contribution is -0.0904. The Morgan fingerprint density at radius 3 is 2.47 bits per heavy atom. The lowest BCUT2D eigenvalue weighted by Crippen LogP contribution is -2.53. The summed E-state index contributed by atoms with van der Waals surface area (Å²) in [6.45, 7) is 12.2. The van der Waals surface area contributed by atoms with Gasteiger partial charge in [0.15, 0.2) is 0 Å². The van der Waals surface area contributed by atoms with Crippen LogP contribution in [0.3, 0.4) is 0 Å². The van der Waals surface area contributed by atoms with Crippen LogP contribution in [-0.4, -0.2) is 11.2 Å². The van der Waals surface area contributed by atoms with Crippen LogP contribution in [0.2, 0.25) is 0 Å². The first-order chi connectivity index (χ1) is 15.2. The summed E-state index contributed by atoms with van der Waals surface area (Å²) >= 11 is 0. The van der Waals surface area contributed by atoms with E-state index in [1.807, 2.05) is 0 Å². The highest BCUT2D eigenvalue weighted by molar-refractivity contribution is 5.52. The van der Waals surface area contributed by atoms with Crippen molar-refractivity contribution in [3.63, 3.8) is 0 Å². The number of hydrogen-bond acceptors (Lipinski definition) is 1. The van der Waals surface area contributed by atoms with E-state index in [4.69, 9.17) is 0 Å². The first-order valence-electron chi connectivity index (χ1n) is 13.0. The van der Waals surface area contributed by atoms with Gasteiger partial charge in [-0.05, 0) is 95.7 Å². The van der Waals surface area contributed by atoms with Gasteiger partial charge in [0.25, 0.3) is 0 Å². The maximum Gasteiger partial charge on any atom is 0.0594 e. The van der Waals surface area contributed by atoms with E-state index >= 15 is 0 Å². The predicted octanol–water partition coefficient (Wildman–Crippen LogP) is 7.98. The van der Waals surface area contributed by atoms with Gasteiger partial charge in [-0.1, -0.05) is 88.8 Å². The van der Waals surface area contributed by atoms with Crippen molar-refractivity contribution < 1.29 is 5.11 Å². The fourth-order valence-corrected chi connectivity index (χ4v) is 8.47. The second-order valence-corrected chi connectivity index (χ2v) is 12.3. The van der Waals surface area contributed by atoms with Gasteiger partial charge in [-0.2, -0.15) is 0 Å². The SMILES string of the molecule is C[C@H](C=Cc1ccccc1)[C@H]1CC=C2C3=C(CC[C@@]21C)[C@@]1(C)CCC(O)C(C)(C)[C@@H]1CC3. The molecule has 1 heteroatoms. The fourth-order valence-electron chi connectivity index (χ4n) is 8.47. The second-order valence-electron chi connectivity index (χ2n) is 12.3. The van der Waals surface area contributed by atoms with Crippen molar-refractivity contribution in [3.8, 4) is 0 Å². The lowest BCUT2D eigenvalue weighted by Gasteiger charge is -2.59. The first-order valence-corrected chi connectivity index (χ1v) is 13.0. The van der Waals surface area contributed by atoms with Gasteiger partial charge >= 0.3 is 0 Å². The van der Waals surface area contributed by atoms with Crippen molar-refractivity contribution in [1.29, 1.82) is 0 Å². The van der Waals surface area contributed by atoms with Gasteiger partial charge in [-0.25, -0.2) is 0 Å². The molecule has 0 aliphatic heterocycles. The Kier molecular flexibility index (Phi) is 5.36. The van der Waals surface area contributed by atoms with Crippen LogP contribution in [0.25, 0.3) is 6.08 Å². The summed E-state index contributed by atoms with van der Waals surface area (Å²) in [5.41, 5.74) is 7.11. The third-order valence-electron chi connectivity index (χ3n) is 10.5. The van der Waals surface area contributed by atoms with E-state index in [-0.39, 0.29) is 16.9 Å². The minimum Gasteiger partial charge on any atom is -0.393 e. The van der Waals surface area contributed by atoms with Gasteiger partial charge in [-0.3, -0.25) is 0 Å². The molecule has 0 saturated heterocycles. The van der Waals surface area contributed by atoms with Crippen molar-refractivity contribution in [3.05, 3.63) is 64.8 Å². The molecule has 1 aromatic carbocycles. The van der Waals surface area contributed by atoms with Gasteiger partial charge < -0.3 is 5.11 Å². The van der Waals surface area contributed by atoms with E-state index in [0.29, 0.717) is 23.2 Å². The Bertz CT molecular complexity index is 963. The van der Waals surface area contributed by atoms with Crippen molar-refractivity contribution in [2.75, 3.05) is 0 Å². The number of aliphatic hydroxyl groups is 1. The van der Waals surface area contributed by atoms with Crippen LogP contribution in [0.4, 0.5) is 0 Å². The highest BCUT2D eigenvalue weighted by atomic mass is 16.3. The van der Waals surface area contributed by atoms with Crippen LogP contribution in [0.5, 0.6) is 0 Å². The molecule has 1 saturated carbocycles. The molecule has 1 unspecified atom stereocenters. The quantitative estimate of drug-likeness (QED) is 0.515. The summed E-state index contributed by atoms with van der Waals surface area (Å²) < 4.78 is 0. The molecular weight excluding hydrogens is 388 g/mol. The summed E-state index contributed by atoms with van der Waals surface area (Å²) in [4.78, 5) is 0. The lowest BCUT2D eigenvalue weighted by atomic mass is 9.46. The zero-order valence-corrected chi connectivity index (χ0v) is 20.8. The highest BCUT2D eigenvalue weighted by Crippen LogP contribution is 2.66. The van der Waals surface area contributed by atoms with E-state index in [2.05, 4.69) is 83.2 Å². The molecule has 6 atom stereocenters. The maximum atomic E-state index is 10.8. The molecule has 5 rings (SSSR count). The van der Waals surface area contributed by atoms with Gasteiger partial charge in [0, 0.05) is 0 Å². The molecule has 0 bridgehead atoms. The number of rotatable bonds is 3. The molecular formula is C31H42O. The zero-order chi connectivity index (χ0) is 22.7. The number of fused-ring (bicyclic) bond motifs is 4. The Hall–Kier alpha value is -1.60. The Labute approximate surface area is 195 Å². The molecule has 0 amide bonds. The second kappa shape index (κ2) is 7.73. The van der Waals surface area contributed by atoms with Gasteiger partial charge in [0.2, 0.25) is 0 Å². The summed E-state index contributed by atoms with van der Waals surface area (Å²) in [5, 5.41) is 10.8. The monoisotopic (exact) mass is 430 g/mol. The number of hydrogen-bond donors (Lipinski definition) is 1. The van der Waals surface area contributed by atoms with E-state index in [9.17, 15) is 5.11 Å². The molecule has 0 heterocycles. The average molecular weight is 431 g/mol. The minimum atomic E-state index is -0.149. The molecule has 1 fully saturated rings. The predicted molar refractivity (Wildman–Crippen MR) is 135 cm³/mol. The summed E-state index contributed by atoms with van der Waals surface area (Å²) in [7, 11) is 0. The Morgan fingerprint density at radius 2 is 1.72 bits per heavy atom. The molecule has 172 valence electrons. The molecule has 4 aliphatic rings. The van der Waals surface area contributed by atoms with Crippen molar-refractivity contribution in [2.45, 2.75) is 85.7 Å². The molecule has 4 aliphatic carbocycles. The van der Waals surface area contributed by atoms with Crippen molar-refractivity contribution >= 4 is 6.08 Å². The molecule has 0 spiro atoms. The molecule has 0 radical (unpaired) electrons. The summed E-state index contributed by atoms with van der Waals surface area (Å²) in [5.74, 6) is 1.88. The van der Waals surface area contributed by atoms with E-state index in [0.717, 1.165) is 12.8 Å². The third kappa shape index (κ3) is 3.22. The molecule has 0 aromatic heterocycles. The normalized spacial score (nSPS) is 39.3. The molecule has 32 heavy (non-hydrogen) atoms. The van der Waals surface area contributed by atoms with Crippen LogP contribution in [0.1, 0.15) is 85.1 Å². The van der Waals surface area contributed by atoms with Crippen molar-refractivity contribution in [1.82, 2.24) is 0 Å². The average Bonchev–Trinajstić information content (AvgIpc) is 3.13. The summed E-state index contributed by atoms with van der Waals surface area (Å²) in [6.07, 6.45) is 15.6. The topological polar surface area (TPSA) is 20.2 Å². The standard InChI is InChI=1S/C31H42O/c1-21(11-12-22-9-7-6-8-10-22)24-14-15-25-23-13-16-27-29(2,3)28(32)18-20-31(27,5)26(23)17-19-30(24,25)4/h6-12,15,21,24,27-28,32H,13-14,16-20H2,1-5H3/t21-,24-,27+,28?,30-,31-/m1/s1. The Morgan fingerprint density at radius 1 is 0.969 bits per heavy atom. The van der Waals surface area contributed by atoms with Crippen molar-refractivity contribution in [2.24, 2.45) is 34.0 Å². The van der Waals surface area contributed by atoms with Crippen LogP contribution in [0, 0.1) is 34.0 Å². The smallest absolute Gasteiger partial charge is 0.0594 e. The van der Waals surface area contributed by atoms with Gasteiger partial charge in [-0.15, -0.1) is 0 Å².